The fourth-order valence-electron chi connectivity index (χ4n) is 1.53. The first kappa shape index (κ1) is 12.3. The molecule has 0 aromatic carbocycles. The molecule has 0 spiro atoms. The van der Waals surface area contributed by atoms with Crippen molar-refractivity contribution in [3.05, 3.63) is 20.8 Å². The van der Waals surface area contributed by atoms with E-state index < -0.39 is 6.04 Å². The van der Waals surface area contributed by atoms with E-state index in [-0.39, 0.29) is 24.1 Å². The minimum Gasteiger partial charge on any atom is -0.339 e. The summed E-state index contributed by atoms with van der Waals surface area (Å²) in [6.45, 7) is 0. The number of likely N-dealkylation sites (N-methyl/N-ethyl adjacent to an activating group) is 1. The summed E-state index contributed by atoms with van der Waals surface area (Å²) in [6.07, 6.45) is 0.0353. The number of amides is 3. The number of halogens is 1. The standard InChI is InChI=1S/C10H9BrN2O3S/c1-13-8(14)4-5(10(13)16)12-9(15)6-2-3-7(11)17-6/h2-3,5H,4H2,1H3,(H,12,15). The molecule has 0 radical (unpaired) electrons. The third-order valence-corrected chi connectivity index (χ3v) is 4.11. The van der Waals surface area contributed by atoms with Gasteiger partial charge in [0, 0.05) is 7.05 Å². The molecule has 0 aliphatic carbocycles. The number of hydrogen-bond acceptors (Lipinski definition) is 4. The first-order valence-electron chi connectivity index (χ1n) is 4.85. The minimum absolute atomic E-state index is 0.0353. The summed E-state index contributed by atoms with van der Waals surface area (Å²) in [5, 5.41) is 2.56. The molecule has 2 heterocycles. The number of thiophene rings is 1. The number of rotatable bonds is 2. The predicted octanol–water partition coefficient (Wildman–Crippen LogP) is 0.998. The zero-order chi connectivity index (χ0) is 12.6. The molecule has 90 valence electrons. The third-order valence-electron chi connectivity index (χ3n) is 2.48. The third kappa shape index (κ3) is 2.39. The molecule has 0 saturated carbocycles. The van der Waals surface area contributed by atoms with Crippen LogP contribution in [0.15, 0.2) is 15.9 Å². The number of nitrogens with zero attached hydrogens (tertiary/aromatic N) is 1. The summed E-state index contributed by atoms with van der Waals surface area (Å²) in [4.78, 5) is 36.2. The molecule has 1 fully saturated rings. The Morgan fingerprint density at radius 3 is 2.71 bits per heavy atom. The Balaban J connectivity index is 2.05. The summed E-state index contributed by atoms with van der Waals surface area (Å²) >= 11 is 4.53. The maximum atomic E-state index is 11.8. The molecule has 1 aromatic rings. The van der Waals surface area contributed by atoms with Gasteiger partial charge in [-0.2, -0.15) is 0 Å². The van der Waals surface area contributed by atoms with Crippen molar-refractivity contribution in [2.45, 2.75) is 12.5 Å². The van der Waals surface area contributed by atoms with Gasteiger partial charge in [-0.25, -0.2) is 0 Å². The molecule has 7 heteroatoms. The first-order chi connectivity index (χ1) is 7.99. The van der Waals surface area contributed by atoms with Gasteiger partial charge < -0.3 is 5.32 Å². The zero-order valence-corrected chi connectivity index (χ0v) is 11.3. The van der Waals surface area contributed by atoms with Crippen LogP contribution in [0.4, 0.5) is 0 Å². The van der Waals surface area contributed by atoms with Gasteiger partial charge in [0.25, 0.3) is 11.8 Å². The number of imide groups is 1. The molecule has 1 aromatic heterocycles. The Kier molecular flexibility index (Phi) is 3.30. The van der Waals surface area contributed by atoms with Gasteiger partial charge in [-0.1, -0.05) is 0 Å². The Morgan fingerprint density at radius 2 is 2.24 bits per heavy atom. The molecule has 5 nitrogen and oxygen atoms in total. The van der Waals surface area contributed by atoms with E-state index >= 15 is 0 Å². The molecule has 17 heavy (non-hydrogen) atoms. The van der Waals surface area contributed by atoms with Crippen molar-refractivity contribution >= 4 is 45.0 Å². The second-order valence-electron chi connectivity index (χ2n) is 3.62. The van der Waals surface area contributed by atoms with Crippen LogP contribution < -0.4 is 5.32 Å². The number of hydrogen-bond donors (Lipinski definition) is 1. The van der Waals surface area contributed by atoms with Gasteiger partial charge in [0.15, 0.2) is 0 Å². The second kappa shape index (κ2) is 4.58. The fraction of sp³-hybridized carbons (Fsp3) is 0.300. The van der Waals surface area contributed by atoms with Crippen molar-refractivity contribution in [2.75, 3.05) is 7.05 Å². The summed E-state index contributed by atoms with van der Waals surface area (Å²) in [7, 11) is 1.42. The molecular formula is C10H9BrN2O3S. The van der Waals surface area contributed by atoms with E-state index in [4.69, 9.17) is 0 Å². The highest BCUT2D eigenvalue weighted by Crippen LogP contribution is 2.22. The maximum absolute atomic E-state index is 11.8. The van der Waals surface area contributed by atoms with Crippen molar-refractivity contribution in [1.29, 1.82) is 0 Å². The topological polar surface area (TPSA) is 66.5 Å². The quantitative estimate of drug-likeness (QED) is 0.828. The second-order valence-corrected chi connectivity index (χ2v) is 6.09. The van der Waals surface area contributed by atoms with Crippen LogP contribution in [-0.4, -0.2) is 35.7 Å². The van der Waals surface area contributed by atoms with Crippen LogP contribution in [0.25, 0.3) is 0 Å². The van der Waals surface area contributed by atoms with E-state index in [2.05, 4.69) is 21.2 Å². The van der Waals surface area contributed by atoms with Crippen LogP contribution >= 0.6 is 27.3 Å². The molecular weight excluding hydrogens is 308 g/mol. The highest BCUT2D eigenvalue weighted by atomic mass is 79.9. The molecule has 1 unspecified atom stereocenters. The average Bonchev–Trinajstić information content (AvgIpc) is 2.80. The van der Waals surface area contributed by atoms with Crippen molar-refractivity contribution < 1.29 is 14.4 Å². The van der Waals surface area contributed by atoms with Crippen LogP contribution in [0.2, 0.25) is 0 Å². The van der Waals surface area contributed by atoms with Crippen LogP contribution in [0.1, 0.15) is 16.1 Å². The van der Waals surface area contributed by atoms with Gasteiger partial charge in [-0.05, 0) is 28.1 Å². The normalized spacial score (nSPS) is 19.9. The van der Waals surface area contributed by atoms with Gasteiger partial charge in [-0.3, -0.25) is 19.3 Å². The highest BCUT2D eigenvalue weighted by Gasteiger charge is 2.37. The van der Waals surface area contributed by atoms with Gasteiger partial charge in [-0.15, -0.1) is 11.3 Å². The van der Waals surface area contributed by atoms with Crippen molar-refractivity contribution in [1.82, 2.24) is 10.2 Å². The molecule has 1 aliphatic rings. The van der Waals surface area contributed by atoms with Crippen LogP contribution in [0, 0.1) is 0 Å². The minimum atomic E-state index is -0.735. The molecule has 1 aliphatic heterocycles. The number of likely N-dealkylation sites (tertiary alicyclic amines) is 1. The van der Waals surface area contributed by atoms with Crippen molar-refractivity contribution in [3.8, 4) is 0 Å². The predicted molar refractivity (Wildman–Crippen MR) is 65.7 cm³/mol. The van der Waals surface area contributed by atoms with Gasteiger partial charge in [0.1, 0.15) is 6.04 Å². The monoisotopic (exact) mass is 316 g/mol. The lowest BCUT2D eigenvalue weighted by molar-refractivity contribution is -0.137. The maximum Gasteiger partial charge on any atom is 0.262 e. The zero-order valence-electron chi connectivity index (χ0n) is 8.90. The van der Waals surface area contributed by atoms with E-state index in [9.17, 15) is 14.4 Å². The Labute approximate surface area is 110 Å². The van der Waals surface area contributed by atoms with E-state index in [1.165, 1.54) is 18.4 Å². The summed E-state index contributed by atoms with van der Waals surface area (Å²) in [5.74, 6) is -0.964. The lowest BCUT2D eigenvalue weighted by Crippen LogP contribution is -2.40. The van der Waals surface area contributed by atoms with Crippen LogP contribution in [-0.2, 0) is 9.59 Å². The summed E-state index contributed by atoms with van der Waals surface area (Å²) in [5.41, 5.74) is 0. The lowest BCUT2D eigenvalue weighted by Gasteiger charge is -2.09. The summed E-state index contributed by atoms with van der Waals surface area (Å²) in [6, 6.07) is 2.68. The fourth-order valence-corrected chi connectivity index (χ4v) is 2.82. The molecule has 0 bridgehead atoms. The number of carbonyl (C=O) groups excluding carboxylic acids is 3. The summed E-state index contributed by atoms with van der Waals surface area (Å²) < 4.78 is 0.841. The SMILES string of the molecule is CN1C(=O)CC(NC(=O)c2ccc(Br)s2)C1=O. The van der Waals surface area contributed by atoms with Crippen molar-refractivity contribution in [3.63, 3.8) is 0 Å². The van der Waals surface area contributed by atoms with Gasteiger partial charge >= 0.3 is 0 Å². The van der Waals surface area contributed by atoms with Crippen LogP contribution in [0.3, 0.4) is 0 Å². The Morgan fingerprint density at radius 1 is 1.53 bits per heavy atom. The van der Waals surface area contributed by atoms with Gasteiger partial charge in [0.05, 0.1) is 15.1 Å². The molecule has 1 saturated heterocycles. The van der Waals surface area contributed by atoms with E-state index in [0.29, 0.717) is 4.88 Å². The number of nitrogens with one attached hydrogen (secondary N) is 1. The Hall–Kier alpha value is -1.21. The lowest BCUT2D eigenvalue weighted by atomic mass is 10.2. The van der Waals surface area contributed by atoms with Crippen LogP contribution in [0.5, 0.6) is 0 Å². The molecule has 1 N–H and O–H groups in total. The van der Waals surface area contributed by atoms with E-state index in [1.807, 2.05) is 0 Å². The largest absolute Gasteiger partial charge is 0.339 e. The van der Waals surface area contributed by atoms with Crippen molar-refractivity contribution in [2.24, 2.45) is 0 Å². The average molecular weight is 317 g/mol. The molecule has 2 rings (SSSR count). The van der Waals surface area contributed by atoms with E-state index in [0.717, 1.165) is 8.69 Å². The molecule has 3 amide bonds. The smallest absolute Gasteiger partial charge is 0.262 e. The first-order valence-corrected chi connectivity index (χ1v) is 6.46. The number of carbonyl (C=O) groups is 3. The van der Waals surface area contributed by atoms with E-state index in [1.54, 1.807) is 12.1 Å². The van der Waals surface area contributed by atoms with Gasteiger partial charge in [0.2, 0.25) is 5.91 Å². The molecule has 1 atom stereocenters. The Bertz CT molecular complexity index is 499. The highest BCUT2D eigenvalue weighted by molar-refractivity contribution is 9.11.